The molecule has 1 aliphatic rings. The molecule has 7 nitrogen and oxygen atoms in total. The van der Waals surface area contributed by atoms with Gasteiger partial charge in [-0.2, -0.15) is 4.98 Å². The van der Waals surface area contributed by atoms with E-state index >= 15 is 0 Å². The largest absolute Gasteiger partial charge is 0.356 e. The third kappa shape index (κ3) is 5.31. The van der Waals surface area contributed by atoms with Crippen LogP contribution >= 0.6 is 0 Å². The van der Waals surface area contributed by atoms with Crippen LogP contribution < -0.4 is 20.9 Å². The van der Waals surface area contributed by atoms with Gasteiger partial charge in [-0.25, -0.2) is 9.78 Å². The third-order valence-electron chi connectivity index (χ3n) is 5.30. The zero-order chi connectivity index (χ0) is 21.8. The van der Waals surface area contributed by atoms with Gasteiger partial charge in [-0.3, -0.25) is 0 Å². The Kier molecular flexibility index (Phi) is 6.02. The van der Waals surface area contributed by atoms with Crippen LogP contribution in [0.2, 0.25) is 0 Å². The summed E-state index contributed by atoms with van der Waals surface area (Å²) in [5.74, 6) is 1.55. The number of benzene rings is 2. The van der Waals surface area contributed by atoms with Gasteiger partial charge >= 0.3 is 6.03 Å². The second kappa shape index (κ2) is 9.04. The van der Waals surface area contributed by atoms with Crippen molar-refractivity contribution in [2.75, 3.05) is 33.9 Å². The van der Waals surface area contributed by atoms with Gasteiger partial charge in [0.2, 0.25) is 5.95 Å². The number of nitrogens with zero attached hydrogens (tertiary/aromatic N) is 3. The predicted octanol–water partition coefficient (Wildman–Crippen LogP) is 5.39. The van der Waals surface area contributed by atoms with Crippen LogP contribution in [-0.4, -0.2) is 29.1 Å². The van der Waals surface area contributed by atoms with E-state index in [-0.39, 0.29) is 6.03 Å². The molecule has 2 heterocycles. The van der Waals surface area contributed by atoms with Crippen LogP contribution in [0, 0.1) is 20.8 Å². The zero-order valence-electron chi connectivity index (χ0n) is 18.2. The van der Waals surface area contributed by atoms with Gasteiger partial charge in [0.05, 0.1) is 0 Å². The summed E-state index contributed by atoms with van der Waals surface area (Å²) in [6, 6.07) is 15.2. The highest BCUT2D eigenvalue weighted by Crippen LogP contribution is 2.23. The van der Waals surface area contributed by atoms with Crippen molar-refractivity contribution in [3.63, 3.8) is 0 Å². The molecule has 0 atom stereocenters. The Balaban J connectivity index is 1.38. The Hall–Kier alpha value is -3.61. The number of carbonyl (C=O) groups is 1. The van der Waals surface area contributed by atoms with Crippen molar-refractivity contribution in [1.82, 2.24) is 9.97 Å². The molecule has 31 heavy (non-hydrogen) atoms. The first-order valence-electron chi connectivity index (χ1n) is 10.6. The summed E-state index contributed by atoms with van der Waals surface area (Å²) in [4.78, 5) is 23.8. The topological polar surface area (TPSA) is 82.2 Å². The summed E-state index contributed by atoms with van der Waals surface area (Å²) < 4.78 is 0. The van der Waals surface area contributed by atoms with Crippen LogP contribution in [0.25, 0.3) is 0 Å². The van der Waals surface area contributed by atoms with Crippen molar-refractivity contribution in [2.45, 2.75) is 33.6 Å². The lowest BCUT2D eigenvalue weighted by Crippen LogP contribution is -2.20. The number of hydrogen-bond donors (Lipinski definition) is 3. The normalized spacial score (nSPS) is 13.2. The minimum Gasteiger partial charge on any atom is -0.356 e. The molecule has 1 saturated heterocycles. The molecular formula is C24H28N6O. The second-order valence-electron chi connectivity index (χ2n) is 7.99. The molecule has 1 aliphatic heterocycles. The monoisotopic (exact) mass is 416 g/mol. The van der Waals surface area contributed by atoms with Gasteiger partial charge in [0.15, 0.2) is 0 Å². The Bertz CT molecular complexity index is 1070. The van der Waals surface area contributed by atoms with Crippen LogP contribution in [0.4, 0.5) is 33.6 Å². The van der Waals surface area contributed by atoms with E-state index in [9.17, 15) is 4.79 Å². The molecule has 3 aromatic rings. The molecule has 3 N–H and O–H groups in total. The summed E-state index contributed by atoms with van der Waals surface area (Å²) >= 11 is 0. The van der Waals surface area contributed by atoms with Gasteiger partial charge in [0.25, 0.3) is 0 Å². The molecule has 2 amide bonds. The molecule has 4 rings (SSSR count). The minimum atomic E-state index is -0.273. The highest BCUT2D eigenvalue weighted by atomic mass is 16.2. The van der Waals surface area contributed by atoms with E-state index in [1.54, 1.807) is 0 Å². The Morgan fingerprint density at radius 1 is 0.871 bits per heavy atom. The van der Waals surface area contributed by atoms with Crippen molar-refractivity contribution in [1.29, 1.82) is 0 Å². The van der Waals surface area contributed by atoms with Crippen LogP contribution in [-0.2, 0) is 0 Å². The van der Waals surface area contributed by atoms with Gasteiger partial charge in [0, 0.05) is 41.9 Å². The highest BCUT2D eigenvalue weighted by Gasteiger charge is 2.15. The molecular weight excluding hydrogens is 388 g/mol. The number of anilines is 5. The Morgan fingerprint density at radius 3 is 2.29 bits per heavy atom. The standard InChI is InChI=1S/C24H28N6O/c1-16-6-11-21(17(2)14-16)28-24(31)27-20-9-7-19(8-10-20)26-23-25-18(3)15-22(29-23)30-12-4-5-13-30/h6-11,14-15H,4-5,12-13H2,1-3H3,(H,25,26,29)(H2,27,28,31). The summed E-state index contributed by atoms with van der Waals surface area (Å²) in [6.07, 6.45) is 2.41. The lowest BCUT2D eigenvalue weighted by Gasteiger charge is -2.17. The molecule has 0 radical (unpaired) electrons. The third-order valence-corrected chi connectivity index (χ3v) is 5.30. The first-order chi connectivity index (χ1) is 15.0. The zero-order valence-corrected chi connectivity index (χ0v) is 18.2. The van der Waals surface area contributed by atoms with Gasteiger partial charge in [-0.15, -0.1) is 0 Å². The maximum atomic E-state index is 12.3. The predicted molar refractivity (Wildman–Crippen MR) is 126 cm³/mol. The summed E-state index contributed by atoms with van der Waals surface area (Å²) in [6.45, 7) is 8.07. The number of amides is 2. The fraction of sp³-hybridized carbons (Fsp3) is 0.292. The Labute approximate surface area is 182 Å². The maximum Gasteiger partial charge on any atom is 0.323 e. The minimum absolute atomic E-state index is 0.273. The van der Waals surface area contributed by atoms with Crippen molar-refractivity contribution in [2.24, 2.45) is 0 Å². The fourth-order valence-electron chi connectivity index (χ4n) is 3.72. The lowest BCUT2D eigenvalue weighted by molar-refractivity contribution is 0.262. The van der Waals surface area contributed by atoms with Crippen LogP contribution in [0.1, 0.15) is 29.7 Å². The molecule has 0 bridgehead atoms. The van der Waals surface area contributed by atoms with Crippen LogP contribution in [0.5, 0.6) is 0 Å². The van der Waals surface area contributed by atoms with Gasteiger partial charge < -0.3 is 20.9 Å². The fourth-order valence-corrected chi connectivity index (χ4v) is 3.72. The molecule has 0 aliphatic carbocycles. The van der Waals surface area contributed by atoms with E-state index < -0.39 is 0 Å². The maximum absolute atomic E-state index is 12.3. The molecule has 0 unspecified atom stereocenters. The van der Waals surface area contributed by atoms with E-state index in [0.717, 1.165) is 47.1 Å². The number of aromatic nitrogens is 2. The van der Waals surface area contributed by atoms with Gasteiger partial charge in [-0.1, -0.05) is 17.7 Å². The van der Waals surface area contributed by atoms with Gasteiger partial charge in [-0.05, 0) is 69.5 Å². The quantitative estimate of drug-likeness (QED) is 0.519. The molecule has 0 spiro atoms. The summed E-state index contributed by atoms with van der Waals surface area (Å²) in [5.41, 5.74) is 5.49. The number of nitrogens with one attached hydrogen (secondary N) is 3. The highest BCUT2D eigenvalue weighted by molar-refractivity contribution is 6.00. The number of carbonyl (C=O) groups excluding carboxylic acids is 1. The first-order valence-corrected chi connectivity index (χ1v) is 10.6. The average molecular weight is 417 g/mol. The number of rotatable bonds is 5. The average Bonchev–Trinajstić information content (AvgIpc) is 3.26. The SMILES string of the molecule is Cc1ccc(NC(=O)Nc2ccc(Nc3nc(C)cc(N4CCCC4)n3)cc2)c(C)c1. The van der Waals surface area contributed by atoms with E-state index in [2.05, 4.69) is 30.8 Å². The van der Waals surface area contributed by atoms with Crippen LogP contribution in [0.3, 0.4) is 0 Å². The molecule has 7 heteroatoms. The summed E-state index contributed by atoms with van der Waals surface area (Å²) in [5, 5.41) is 9.02. The van der Waals surface area contributed by atoms with Crippen molar-refractivity contribution >= 4 is 34.9 Å². The molecule has 1 fully saturated rings. The van der Waals surface area contributed by atoms with E-state index in [4.69, 9.17) is 0 Å². The lowest BCUT2D eigenvalue weighted by atomic mass is 10.1. The first kappa shape index (κ1) is 20.7. The Morgan fingerprint density at radius 2 is 1.58 bits per heavy atom. The number of aryl methyl sites for hydroxylation is 3. The van der Waals surface area contributed by atoms with Crippen LogP contribution in [0.15, 0.2) is 48.5 Å². The smallest absolute Gasteiger partial charge is 0.323 e. The van der Waals surface area contributed by atoms with Crippen molar-refractivity contribution < 1.29 is 4.79 Å². The summed E-state index contributed by atoms with van der Waals surface area (Å²) in [7, 11) is 0. The van der Waals surface area contributed by atoms with E-state index in [1.165, 1.54) is 12.8 Å². The van der Waals surface area contributed by atoms with Crippen molar-refractivity contribution in [3.8, 4) is 0 Å². The molecule has 1 aromatic heterocycles. The van der Waals surface area contributed by atoms with Crippen molar-refractivity contribution in [3.05, 3.63) is 65.4 Å². The van der Waals surface area contributed by atoms with E-state index in [0.29, 0.717) is 11.6 Å². The second-order valence-corrected chi connectivity index (χ2v) is 7.99. The molecule has 0 saturated carbocycles. The van der Waals surface area contributed by atoms with E-state index in [1.807, 2.05) is 69.3 Å². The number of urea groups is 1. The molecule has 2 aromatic carbocycles. The van der Waals surface area contributed by atoms with Gasteiger partial charge in [0.1, 0.15) is 5.82 Å². The molecule has 160 valence electrons. The number of hydrogen-bond acceptors (Lipinski definition) is 5.